The molecule has 0 spiro atoms. The summed E-state index contributed by atoms with van der Waals surface area (Å²) in [5, 5.41) is 0. The number of aryl methyl sites for hydroxylation is 1. The van der Waals surface area contributed by atoms with Crippen molar-refractivity contribution in [2.45, 2.75) is 104 Å². The van der Waals surface area contributed by atoms with Gasteiger partial charge in [-0.3, -0.25) is 0 Å². The molecule has 0 aliphatic heterocycles. The van der Waals surface area contributed by atoms with Crippen molar-refractivity contribution in [3.05, 3.63) is 35.4 Å². The molecule has 1 atom stereocenters. The second-order valence-corrected chi connectivity index (χ2v) is 8.16. The third-order valence-electron chi connectivity index (χ3n) is 5.70. The van der Waals surface area contributed by atoms with Crippen LogP contribution in [0.3, 0.4) is 0 Å². The number of ether oxygens (including phenoxy) is 2. The summed E-state index contributed by atoms with van der Waals surface area (Å²) in [5.74, 6) is -1.22. The van der Waals surface area contributed by atoms with E-state index in [1.807, 2.05) is 13.8 Å². The molecule has 0 fully saturated rings. The van der Waals surface area contributed by atoms with Gasteiger partial charge in [-0.05, 0) is 64.2 Å². The lowest BCUT2D eigenvalue weighted by Crippen LogP contribution is -2.41. The molecule has 0 saturated heterocycles. The van der Waals surface area contributed by atoms with Gasteiger partial charge in [-0.15, -0.1) is 0 Å². The average molecular weight is 413 g/mol. The molecule has 1 rings (SSSR count). The van der Waals surface area contributed by atoms with Crippen molar-refractivity contribution in [3.63, 3.8) is 0 Å². The lowest BCUT2D eigenvalue weighted by molar-refractivity contribution is -0.254. The summed E-state index contributed by atoms with van der Waals surface area (Å²) in [5.41, 5.74) is 0.729. The number of unbranched alkanes of at least 4 members (excludes halogenated alkanes) is 6. The van der Waals surface area contributed by atoms with Gasteiger partial charge in [-0.1, -0.05) is 51.9 Å². The molecule has 0 bridgehead atoms. The summed E-state index contributed by atoms with van der Waals surface area (Å²) in [4.78, 5) is 0. The van der Waals surface area contributed by atoms with Crippen molar-refractivity contribution >= 4 is 0 Å². The highest BCUT2D eigenvalue weighted by Crippen LogP contribution is 2.33. The van der Waals surface area contributed by atoms with Gasteiger partial charge in [0.05, 0.1) is 0 Å². The molecular weight excluding hydrogens is 370 g/mol. The SMILES string of the molecule is CCCCCCCCC(CCCCc1cc(F)cc(F)c1)C(C)(OCC)OCC. The first-order chi connectivity index (χ1) is 13.9. The highest BCUT2D eigenvalue weighted by atomic mass is 19.1. The van der Waals surface area contributed by atoms with E-state index in [2.05, 4.69) is 13.8 Å². The van der Waals surface area contributed by atoms with Gasteiger partial charge in [0, 0.05) is 25.2 Å². The van der Waals surface area contributed by atoms with Crippen LogP contribution in [0.2, 0.25) is 0 Å². The maximum Gasteiger partial charge on any atom is 0.168 e. The standard InChI is InChI=1S/C25H42F2O2/c1-5-8-9-10-11-12-16-22(25(4,28-6-2)29-7-3)17-14-13-15-21-18-23(26)20-24(27)19-21/h18-20,22H,5-17H2,1-4H3. The fourth-order valence-corrected chi connectivity index (χ4v) is 4.17. The zero-order valence-electron chi connectivity index (χ0n) is 19.1. The maximum atomic E-state index is 13.4. The second kappa shape index (κ2) is 14.9. The topological polar surface area (TPSA) is 18.5 Å². The van der Waals surface area contributed by atoms with Crippen LogP contribution in [0, 0.1) is 17.6 Å². The first-order valence-electron chi connectivity index (χ1n) is 11.7. The third kappa shape index (κ3) is 10.5. The Morgan fingerprint density at radius 3 is 1.83 bits per heavy atom. The third-order valence-corrected chi connectivity index (χ3v) is 5.70. The Hall–Kier alpha value is -1.00. The minimum Gasteiger partial charge on any atom is -0.350 e. The first-order valence-corrected chi connectivity index (χ1v) is 11.7. The largest absolute Gasteiger partial charge is 0.350 e. The van der Waals surface area contributed by atoms with Crippen molar-refractivity contribution in [1.82, 2.24) is 0 Å². The Morgan fingerprint density at radius 2 is 1.28 bits per heavy atom. The van der Waals surface area contributed by atoms with E-state index in [4.69, 9.17) is 9.47 Å². The van der Waals surface area contributed by atoms with Crippen LogP contribution >= 0.6 is 0 Å². The molecule has 0 radical (unpaired) electrons. The molecule has 0 amide bonds. The van der Waals surface area contributed by atoms with Crippen molar-refractivity contribution in [2.75, 3.05) is 13.2 Å². The van der Waals surface area contributed by atoms with Crippen LogP contribution < -0.4 is 0 Å². The molecule has 0 aromatic heterocycles. The number of halogens is 2. The van der Waals surface area contributed by atoms with Gasteiger partial charge < -0.3 is 9.47 Å². The smallest absolute Gasteiger partial charge is 0.168 e. The van der Waals surface area contributed by atoms with Crippen molar-refractivity contribution < 1.29 is 18.3 Å². The predicted molar refractivity (Wildman–Crippen MR) is 117 cm³/mol. The Morgan fingerprint density at radius 1 is 0.759 bits per heavy atom. The number of hydrogen-bond acceptors (Lipinski definition) is 2. The average Bonchev–Trinajstić information content (AvgIpc) is 2.65. The number of rotatable bonds is 17. The van der Waals surface area contributed by atoms with Crippen LogP contribution in [-0.4, -0.2) is 19.0 Å². The van der Waals surface area contributed by atoms with Gasteiger partial charge in [-0.2, -0.15) is 0 Å². The minimum atomic E-state index is -0.558. The summed E-state index contributed by atoms with van der Waals surface area (Å²) in [6.07, 6.45) is 12.3. The zero-order valence-corrected chi connectivity index (χ0v) is 19.1. The Labute approximate surface area is 177 Å². The summed E-state index contributed by atoms with van der Waals surface area (Å²) >= 11 is 0. The molecule has 0 aliphatic carbocycles. The van der Waals surface area contributed by atoms with E-state index in [1.54, 1.807) is 0 Å². The van der Waals surface area contributed by atoms with Crippen LogP contribution in [0.25, 0.3) is 0 Å². The molecule has 29 heavy (non-hydrogen) atoms. The Kier molecular flexibility index (Phi) is 13.4. The van der Waals surface area contributed by atoms with E-state index in [-0.39, 0.29) is 0 Å². The summed E-state index contributed by atoms with van der Waals surface area (Å²) in [6.45, 7) is 9.60. The number of benzene rings is 1. The van der Waals surface area contributed by atoms with Gasteiger partial charge in [0.25, 0.3) is 0 Å². The normalized spacial score (nSPS) is 13.0. The second-order valence-electron chi connectivity index (χ2n) is 8.16. The van der Waals surface area contributed by atoms with Crippen molar-refractivity contribution in [3.8, 4) is 0 Å². The minimum absolute atomic E-state index is 0.331. The molecule has 0 heterocycles. The van der Waals surface area contributed by atoms with Crippen LogP contribution in [0.4, 0.5) is 8.78 Å². The molecule has 0 saturated carbocycles. The summed E-state index contributed by atoms with van der Waals surface area (Å²) in [7, 11) is 0. The molecule has 1 aromatic rings. The zero-order chi connectivity index (χ0) is 21.5. The molecule has 0 aliphatic rings. The number of hydrogen-bond donors (Lipinski definition) is 0. The molecule has 0 N–H and O–H groups in total. The van der Waals surface area contributed by atoms with Crippen LogP contribution in [0.1, 0.15) is 97.5 Å². The van der Waals surface area contributed by atoms with Gasteiger partial charge in [-0.25, -0.2) is 8.78 Å². The van der Waals surface area contributed by atoms with Gasteiger partial charge >= 0.3 is 0 Å². The lowest BCUT2D eigenvalue weighted by atomic mass is 9.87. The van der Waals surface area contributed by atoms with Crippen LogP contribution in [-0.2, 0) is 15.9 Å². The van der Waals surface area contributed by atoms with E-state index in [0.29, 0.717) is 25.6 Å². The van der Waals surface area contributed by atoms with Gasteiger partial charge in [0.15, 0.2) is 5.79 Å². The highest BCUT2D eigenvalue weighted by molar-refractivity contribution is 5.17. The predicted octanol–water partition coefficient (Wildman–Crippen LogP) is 7.83. The monoisotopic (exact) mass is 412 g/mol. The van der Waals surface area contributed by atoms with Crippen LogP contribution in [0.5, 0.6) is 0 Å². The van der Waals surface area contributed by atoms with Gasteiger partial charge in [0.1, 0.15) is 11.6 Å². The fraction of sp³-hybridized carbons (Fsp3) is 0.760. The van der Waals surface area contributed by atoms with Crippen LogP contribution in [0.15, 0.2) is 18.2 Å². The highest BCUT2D eigenvalue weighted by Gasteiger charge is 2.34. The Balaban J connectivity index is 2.57. The maximum absolute atomic E-state index is 13.4. The molecule has 168 valence electrons. The van der Waals surface area contributed by atoms with E-state index in [9.17, 15) is 8.78 Å². The lowest BCUT2D eigenvalue weighted by Gasteiger charge is -2.37. The van der Waals surface area contributed by atoms with E-state index < -0.39 is 17.4 Å². The molecule has 1 aromatic carbocycles. The molecule has 4 heteroatoms. The summed E-state index contributed by atoms with van der Waals surface area (Å²) in [6, 6.07) is 3.79. The van der Waals surface area contributed by atoms with E-state index in [0.717, 1.165) is 37.3 Å². The van der Waals surface area contributed by atoms with Crippen molar-refractivity contribution in [1.29, 1.82) is 0 Å². The fourth-order valence-electron chi connectivity index (χ4n) is 4.17. The molecule has 2 nitrogen and oxygen atoms in total. The van der Waals surface area contributed by atoms with E-state index in [1.165, 1.54) is 50.7 Å². The van der Waals surface area contributed by atoms with Gasteiger partial charge in [0.2, 0.25) is 0 Å². The quantitative estimate of drug-likeness (QED) is 0.192. The van der Waals surface area contributed by atoms with Crippen molar-refractivity contribution in [2.24, 2.45) is 5.92 Å². The van der Waals surface area contributed by atoms with E-state index >= 15 is 0 Å². The molecule has 1 unspecified atom stereocenters. The molecular formula is C25H42F2O2. The summed E-state index contributed by atoms with van der Waals surface area (Å²) < 4.78 is 38.8. The first kappa shape index (κ1) is 26.0. The Bertz CT molecular complexity index is 521.